The highest BCUT2D eigenvalue weighted by atomic mass is 31.2. The maximum absolute atomic E-state index is 13.2. The highest BCUT2D eigenvalue weighted by molar-refractivity contribution is 7.52. The number of esters is 2. The number of amides is 1. The number of pyridine rings is 1. The third-order valence-electron chi connectivity index (χ3n) is 4.63. The van der Waals surface area contributed by atoms with Crippen molar-refractivity contribution in [3.8, 4) is 0 Å². The van der Waals surface area contributed by atoms with Crippen molar-refractivity contribution in [2.24, 2.45) is 0 Å². The molecule has 0 radical (unpaired) electrons. The van der Waals surface area contributed by atoms with Gasteiger partial charge in [0.15, 0.2) is 0 Å². The zero-order valence-corrected chi connectivity index (χ0v) is 19.6. The Labute approximate surface area is 186 Å². The SMILES string of the molecule is CCOC(=O)C(NC(C)=O)(C(=O)OCC)c1cc2ccccc2nc1CP(=O)(OC)OC. The van der Waals surface area contributed by atoms with E-state index in [0.29, 0.717) is 10.9 Å². The Morgan fingerprint density at radius 1 is 1.03 bits per heavy atom. The Morgan fingerprint density at radius 2 is 1.59 bits per heavy atom. The third-order valence-corrected chi connectivity index (χ3v) is 6.43. The van der Waals surface area contributed by atoms with Crippen LogP contribution < -0.4 is 5.32 Å². The summed E-state index contributed by atoms with van der Waals surface area (Å²) in [6, 6.07) is 8.44. The van der Waals surface area contributed by atoms with Gasteiger partial charge in [0, 0.05) is 32.1 Å². The van der Waals surface area contributed by atoms with Crippen LogP contribution in [0.25, 0.3) is 10.9 Å². The fourth-order valence-electron chi connectivity index (χ4n) is 3.20. The predicted molar refractivity (Wildman–Crippen MR) is 116 cm³/mol. The van der Waals surface area contributed by atoms with Crippen molar-refractivity contribution in [2.75, 3.05) is 27.4 Å². The van der Waals surface area contributed by atoms with Gasteiger partial charge in [0.05, 0.1) is 30.6 Å². The van der Waals surface area contributed by atoms with Crippen LogP contribution in [0.4, 0.5) is 0 Å². The number of rotatable bonds is 10. The Balaban J connectivity index is 2.94. The van der Waals surface area contributed by atoms with Crippen molar-refractivity contribution in [3.63, 3.8) is 0 Å². The van der Waals surface area contributed by atoms with E-state index in [-0.39, 0.29) is 30.6 Å². The molecule has 0 atom stereocenters. The molecule has 0 aliphatic heterocycles. The van der Waals surface area contributed by atoms with Crippen LogP contribution in [0.3, 0.4) is 0 Å². The molecule has 1 heterocycles. The minimum Gasteiger partial charge on any atom is -0.464 e. The predicted octanol–water partition coefficient (Wildman–Crippen LogP) is 2.68. The summed E-state index contributed by atoms with van der Waals surface area (Å²) >= 11 is 0. The molecular formula is C21H27N2O8P. The van der Waals surface area contributed by atoms with Crippen molar-refractivity contribution in [2.45, 2.75) is 32.5 Å². The van der Waals surface area contributed by atoms with Gasteiger partial charge in [-0.3, -0.25) is 14.3 Å². The lowest BCUT2D eigenvalue weighted by Gasteiger charge is -2.32. The monoisotopic (exact) mass is 466 g/mol. The molecule has 1 aromatic carbocycles. The maximum Gasteiger partial charge on any atom is 0.348 e. The summed E-state index contributed by atoms with van der Waals surface area (Å²) in [7, 11) is -1.26. The Bertz CT molecular complexity index is 1030. The second-order valence-corrected chi connectivity index (χ2v) is 8.95. The van der Waals surface area contributed by atoms with Gasteiger partial charge in [-0.05, 0) is 26.0 Å². The number of aromatic nitrogens is 1. The number of carbonyl (C=O) groups excluding carboxylic acids is 3. The molecule has 0 unspecified atom stereocenters. The minimum absolute atomic E-state index is 0.0439. The minimum atomic E-state index is -3.68. The van der Waals surface area contributed by atoms with E-state index in [1.165, 1.54) is 20.3 Å². The molecule has 0 aliphatic rings. The lowest BCUT2D eigenvalue weighted by Crippen LogP contribution is -2.59. The molecule has 2 aromatic rings. The molecule has 2 rings (SSSR count). The number of ether oxygens (including phenoxy) is 2. The normalized spacial score (nSPS) is 11.8. The van der Waals surface area contributed by atoms with Crippen LogP contribution in [0.15, 0.2) is 30.3 Å². The summed E-state index contributed by atoms with van der Waals surface area (Å²) in [4.78, 5) is 43.1. The van der Waals surface area contributed by atoms with E-state index in [4.69, 9.17) is 18.5 Å². The summed E-state index contributed by atoms with van der Waals surface area (Å²) in [5.74, 6) is -2.81. The van der Waals surface area contributed by atoms with E-state index in [0.717, 1.165) is 6.92 Å². The van der Waals surface area contributed by atoms with E-state index in [2.05, 4.69) is 10.3 Å². The van der Waals surface area contributed by atoms with Crippen LogP contribution in [0.2, 0.25) is 0 Å². The van der Waals surface area contributed by atoms with E-state index in [9.17, 15) is 18.9 Å². The first-order chi connectivity index (χ1) is 15.2. The number of hydrogen-bond acceptors (Lipinski definition) is 9. The Hall–Kier alpha value is -2.81. The summed E-state index contributed by atoms with van der Waals surface area (Å²) < 4.78 is 33.4. The van der Waals surface area contributed by atoms with Gasteiger partial charge in [0.1, 0.15) is 0 Å². The molecule has 1 amide bonds. The van der Waals surface area contributed by atoms with E-state index in [1.807, 2.05) is 0 Å². The highest BCUT2D eigenvalue weighted by Crippen LogP contribution is 2.50. The molecule has 0 fully saturated rings. The summed E-state index contributed by atoms with van der Waals surface area (Å²) in [5, 5.41) is 2.98. The first kappa shape index (κ1) is 25.5. The quantitative estimate of drug-likeness (QED) is 0.319. The molecular weight excluding hydrogens is 439 g/mol. The molecule has 0 saturated heterocycles. The Morgan fingerprint density at radius 3 is 2.09 bits per heavy atom. The average Bonchev–Trinajstić information content (AvgIpc) is 2.77. The van der Waals surface area contributed by atoms with Gasteiger partial charge in [0.25, 0.3) is 5.54 Å². The number of nitrogens with one attached hydrogen (secondary N) is 1. The number of hydrogen-bond donors (Lipinski definition) is 1. The topological polar surface area (TPSA) is 130 Å². The smallest absolute Gasteiger partial charge is 0.348 e. The maximum atomic E-state index is 13.2. The van der Waals surface area contributed by atoms with Crippen LogP contribution in [0.1, 0.15) is 32.0 Å². The summed E-state index contributed by atoms with van der Waals surface area (Å²) in [6.45, 7) is 4.14. The van der Waals surface area contributed by atoms with Gasteiger partial charge in [0.2, 0.25) is 5.91 Å². The molecule has 32 heavy (non-hydrogen) atoms. The van der Waals surface area contributed by atoms with Gasteiger partial charge in [-0.15, -0.1) is 0 Å². The summed E-state index contributed by atoms with van der Waals surface area (Å²) in [5.41, 5.74) is -1.87. The highest BCUT2D eigenvalue weighted by Gasteiger charge is 2.54. The van der Waals surface area contributed by atoms with Crippen LogP contribution in [0, 0.1) is 0 Å². The van der Waals surface area contributed by atoms with Crippen LogP contribution >= 0.6 is 7.60 Å². The van der Waals surface area contributed by atoms with Gasteiger partial charge in [-0.2, -0.15) is 0 Å². The number of benzene rings is 1. The van der Waals surface area contributed by atoms with Crippen molar-refractivity contribution in [1.82, 2.24) is 10.3 Å². The van der Waals surface area contributed by atoms with Crippen molar-refractivity contribution in [1.29, 1.82) is 0 Å². The van der Waals surface area contributed by atoms with Gasteiger partial charge in [-0.1, -0.05) is 18.2 Å². The molecule has 10 nitrogen and oxygen atoms in total. The van der Waals surface area contributed by atoms with Gasteiger partial charge < -0.3 is 23.8 Å². The first-order valence-corrected chi connectivity index (χ1v) is 11.6. The lowest BCUT2D eigenvalue weighted by atomic mass is 9.87. The van der Waals surface area contributed by atoms with Crippen LogP contribution in [-0.4, -0.2) is 50.3 Å². The molecule has 0 bridgehead atoms. The molecule has 0 spiro atoms. The molecule has 1 aromatic heterocycles. The molecule has 174 valence electrons. The van der Waals surface area contributed by atoms with Crippen LogP contribution in [0.5, 0.6) is 0 Å². The lowest BCUT2D eigenvalue weighted by molar-refractivity contribution is -0.168. The zero-order valence-electron chi connectivity index (χ0n) is 18.7. The van der Waals surface area contributed by atoms with Crippen molar-refractivity contribution < 1.29 is 37.5 Å². The summed E-state index contributed by atoms with van der Waals surface area (Å²) in [6.07, 6.45) is -0.375. The fraction of sp³-hybridized carbons (Fsp3) is 0.429. The molecule has 1 N–H and O–H groups in total. The molecule has 11 heteroatoms. The number of para-hydroxylation sites is 1. The largest absolute Gasteiger partial charge is 0.464 e. The number of carbonyl (C=O) groups is 3. The number of fused-ring (bicyclic) bond motifs is 1. The van der Waals surface area contributed by atoms with Crippen molar-refractivity contribution in [3.05, 3.63) is 41.6 Å². The average molecular weight is 466 g/mol. The third kappa shape index (κ3) is 5.15. The second kappa shape index (κ2) is 10.7. The first-order valence-electron chi connectivity index (χ1n) is 9.90. The van der Waals surface area contributed by atoms with Crippen LogP contribution in [-0.2, 0) is 49.2 Å². The Kier molecular flexibility index (Phi) is 8.49. The molecule has 0 saturated carbocycles. The number of nitrogens with zero attached hydrogens (tertiary/aromatic N) is 1. The second-order valence-electron chi connectivity index (χ2n) is 6.68. The van der Waals surface area contributed by atoms with E-state index >= 15 is 0 Å². The van der Waals surface area contributed by atoms with Gasteiger partial charge >= 0.3 is 19.5 Å². The van der Waals surface area contributed by atoms with Crippen molar-refractivity contribution >= 4 is 36.3 Å². The zero-order chi connectivity index (χ0) is 23.9. The standard InChI is InChI=1S/C21H27N2O8P/c1-6-30-19(25)21(23-14(3)24,20(26)31-7-2)16-12-15-10-8-9-11-17(15)22-18(16)13-32(27,28-4)29-5/h8-12H,6-7,13H2,1-5H3,(H,23,24). The van der Waals surface area contributed by atoms with E-state index < -0.39 is 31.0 Å². The molecule has 0 aliphatic carbocycles. The van der Waals surface area contributed by atoms with Gasteiger partial charge in [-0.25, -0.2) is 9.59 Å². The van der Waals surface area contributed by atoms with E-state index in [1.54, 1.807) is 38.1 Å². The fourth-order valence-corrected chi connectivity index (χ4v) is 4.22.